The van der Waals surface area contributed by atoms with E-state index in [4.69, 9.17) is 4.74 Å². The van der Waals surface area contributed by atoms with Crippen LogP contribution in [0.15, 0.2) is 28.7 Å². The first kappa shape index (κ1) is 13.7. The van der Waals surface area contributed by atoms with E-state index in [0.717, 1.165) is 10.9 Å². The molecule has 1 aromatic carbocycles. The second kappa shape index (κ2) is 7.06. The van der Waals surface area contributed by atoms with E-state index in [1.807, 2.05) is 13.0 Å². The van der Waals surface area contributed by atoms with Crippen LogP contribution >= 0.6 is 15.9 Å². The predicted molar refractivity (Wildman–Crippen MR) is 67.7 cm³/mol. The summed E-state index contributed by atoms with van der Waals surface area (Å²) < 4.78 is 5.66. The zero-order chi connectivity index (χ0) is 12.7. The molecule has 92 valence electrons. The summed E-state index contributed by atoms with van der Waals surface area (Å²) in [5.41, 5.74) is 0.419. The van der Waals surface area contributed by atoms with E-state index in [0.29, 0.717) is 12.1 Å². The average molecular weight is 300 g/mol. The molecule has 0 radical (unpaired) electrons. The lowest BCUT2D eigenvalue weighted by molar-refractivity contribution is -0.124. The molecule has 0 bridgehead atoms. The Morgan fingerprint density at radius 2 is 2.18 bits per heavy atom. The van der Waals surface area contributed by atoms with Gasteiger partial charge in [-0.05, 0) is 24.6 Å². The van der Waals surface area contributed by atoms with E-state index in [-0.39, 0.29) is 12.5 Å². The molecule has 0 spiro atoms. The Balaban J connectivity index is 2.42. The van der Waals surface area contributed by atoms with Crippen LogP contribution in [0.2, 0.25) is 0 Å². The normalized spacial score (nSPS) is 9.76. The number of rotatable bonds is 5. The van der Waals surface area contributed by atoms with E-state index in [9.17, 15) is 9.59 Å². The Morgan fingerprint density at radius 3 is 2.82 bits per heavy atom. The van der Waals surface area contributed by atoms with Gasteiger partial charge in [-0.1, -0.05) is 28.9 Å². The van der Waals surface area contributed by atoms with Crippen LogP contribution in [0.5, 0.6) is 0 Å². The van der Waals surface area contributed by atoms with Crippen molar-refractivity contribution in [2.75, 3.05) is 13.2 Å². The number of ether oxygens (including phenoxy) is 1. The van der Waals surface area contributed by atoms with Gasteiger partial charge in [0.25, 0.3) is 5.91 Å². The van der Waals surface area contributed by atoms with Crippen molar-refractivity contribution < 1.29 is 14.3 Å². The van der Waals surface area contributed by atoms with Crippen molar-refractivity contribution in [3.63, 3.8) is 0 Å². The number of carbonyl (C=O) groups excluding carboxylic acids is 2. The van der Waals surface area contributed by atoms with Crippen molar-refractivity contribution >= 4 is 27.8 Å². The summed E-state index contributed by atoms with van der Waals surface area (Å²) in [6.07, 6.45) is 0.852. The summed E-state index contributed by atoms with van der Waals surface area (Å²) in [7, 11) is 0. The topological polar surface area (TPSA) is 55.4 Å². The Bertz CT molecular complexity index is 406. The van der Waals surface area contributed by atoms with Crippen molar-refractivity contribution in [2.24, 2.45) is 0 Å². The smallest absolute Gasteiger partial charge is 0.338 e. The maximum Gasteiger partial charge on any atom is 0.338 e. The van der Waals surface area contributed by atoms with Gasteiger partial charge < -0.3 is 10.1 Å². The molecule has 0 unspecified atom stereocenters. The van der Waals surface area contributed by atoms with Crippen LogP contribution in [0.4, 0.5) is 0 Å². The third-order valence-electron chi connectivity index (χ3n) is 1.97. The van der Waals surface area contributed by atoms with Gasteiger partial charge in [0.2, 0.25) is 0 Å². The quantitative estimate of drug-likeness (QED) is 0.848. The third kappa shape index (κ3) is 4.99. The predicted octanol–water partition coefficient (Wildman–Crippen LogP) is 2.13. The molecule has 0 fully saturated rings. The lowest BCUT2D eigenvalue weighted by Crippen LogP contribution is -2.29. The number of benzene rings is 1. The van der Waals surface area contributed by atoms with Gasteiger partial charge in [-0.15, -0.1) is 0 Å². The van der Waals surface area contributed by atoms with Crippen LogP contribution in [-0.2, 0) is 9.53 Å². The molecule has 0 aliphatic carbocycles. The van der Waals surface area contributed by atoms with Crippen LogP contribution in [0.25, 0.3) is 0 Å². The molecule has 0 heterocycles. The van der Waals surface area contributed by atoms with Gasteiger partial charge in [-0.2, -0.15) is 0 Å². The molecule has 1 amide bonds. The molecule has 0 aromatic heterocycles. The van der Waals surface area contributed by atoms with Gasteiger partial charge in [-0.3, -0.25) is 4.79 Å². The van der Waals surface area contributed by atoms with Gasteiger partial charge in [0.1, 0.15) is 0 Å². The molecule has 1 N–H and O–H groups in total. The Morgan fingerprint density at radius 1 is 1.41 bits per heavy atom. The molecule has 5 heteroatoms. The lowest BCUT2D eigenvalue weighted by Gasteiger charge is -2.05. The van der Waals surface area contributed by atoms with Gasteiger partial charge in [-0.25, -0.2) is 4.79 Å². The minimum Gasteiger partial charge on any atom is -0.452 e. The molecule has 1 aromatic rings. The van der Waals surface area contributed by atoms with E-state index >= 15 is 0 Å². The minimum atomic E-state index is -0.502. The van der Waals surface area contributed by atoms with E-state index < -0.39 is 5.97 Å². The zero-order valence-electron chi connectivity index (χ0n) is 9.53. The van der Waals surface area contributed by atoms with Crippen molar-refractivity contribution in [3.8, 4) is 0 Å². The number of halogens is 1. The molecule has 0 aliphatic heterocycles. The number of hydrogen-bond acceptors (Lipinski definition) is 3. The highest BCUT2D eigenvalue weighted by molar-refractivity contribution is 9.10. The first-order valence-corrected chi connectivity index (χ1v) is 6.12. The molecule has 0 saturated heterocycles. The fourth-order valence-electron chi connectivity index (χ4n) is 1.15. The molecular formula is C12H14BrNO3. The van der Waals surface area contributed by atoms with Gasteiger partial charge in [0, 0.05) is 11.0 Å². The standard InChI is InChI=1S/C12H14BrNO3/c1-2-6-14-11(15)8-17-12(16)9-4-3-5-10(13)7-9/h3-5,7H,2,6,8H2,1H3,(H,14,15). The van der Waals surface area contributed by atoms with Crippen LogP contribution in [-0.4, -0.2) is 25.0 Å². The average Bonchev–Trinajstić information content (AvgIpc) is 2.33. The Hall–Kier alpha value is -1.36. The van der Waals surface area contributed by atoms with Crippen molar-refractivity contribution in [1.82, 2.24) is 5.32 Å². The largest absolute Gasteiger partial charge is 0.452 e. The van der Waals surface area contributed by atoms with Crippen molar-refractivity contribution in [1.29, 1.82) is 0 Å². The zero-order valence-corrected chi connectivity index (χ0v) is 11.1. The van der Waals surface area contributed by atoms with Crippen LogP contribution < -0.4 is 5.32 Å². The number of carbonyl (C=O) groups is 2. The van der Waals surface area contributed by atoms with Crippen LogP contribution in [0, 0.1) is 0 Å². The maximum absolute atomic E-state index is 11.6. The Labute approximate surface area is 108 Å². The summed E-state index contributed by atoms with van der Waals surface area (Å²) in [4.78, 5) is 22.8. The third-order valence-corrected chi connectivity index (χ3v) is 2.46. The highest BCUT2D eigenvalue weighted by Crippen LogP contribution is 2.12. The lowest BCUT2D eigenvalue weighted by atomic mass is 10.2. The molecule has 4 nitrogen and oxygen atoms in total. The molecule has 0 aliphatic rings. The van der Waals surface area contributed by atoms with Crippen molar-refractivity contribution in [2.45, 2.75) is 13.3 Å². The molecule has 0 saturated carbocycles. The highest BCUT2D eigenvalue weighted by Gasteiger charge is 2.09. The fraction of sp³-hybridized carbons (Fsp3) is 0.333. The number of amides is 1. The summed E-state index contributed by atoms with van der Waals surface area (Å²) in [6.45, 7) is 2.30. The van der Waals surface area contributed by atoms with Gasteiger partial charge >= 0.3 is 5.97 Å². The first-order chi connectivity index (χ1) is 8.13. The van der Waals surface area contributed by atoms with E-state index in [2.05, 4.69) is 21.2 Å². The second-order valence-corrected chi connectivity index (χ2v) is 4.35. The highest BCUT2D eigenvalue weighted by atomic mass is 79.9. The van der Waals surface area contributed by atoms with E-state index in [1.165, 1.54) is 0 Å². The first-order valence-electron chi connectivity index (χ1n) is 5.33. The minimum absolute atomic E-state index is 0.245. The molecule has 0 atom stereocenters. The number of esters is 1. The van der Waals surface area contributed by atoms with Crippen molar-refractivity contribution in [3.05, 3.63) is 34.3 Å². The van der Waals surface area contributed by atoms with Crippen LogP contribution in [0.3, 0.4) is 0 Å². The molecular weight excluding hydrogens is 286 g/mol. The monoisotopic (exact) mass is 299 g/mol. The molecule has 1 rings (SSSR count). The number of nitrogens with one attached hydrogen (secondary N) is 1. The summed E-state index contributed by atoms with van der Waals surface area (Å²) in [5, 5.41) is 2.63. The SMILES string of the molecule is CCCNC(=O)COC(=O)c1cccc(Br)c1. The number of hydrogen-bond donors (Lipinski definition) is 1. The fourth-order valence-corrected chi connectivity index (χ4v) is 1.54. The summed E-state index contributed by atoms with van der Waals surface area (Å²) in [5.74, 6) is -0.784. The summed E-state index contributed by atoms with van der Waals surface area (Å²) in [6, 6.07) is 6.83. The Kier molecular flexibility index (Phi) is 5.69. The van der Waals surface area contributed by atoms with E-state index in [1.54, 1.807) is 18.2 Å². The maximum atomic E-state index is 11.6. The molecule has 17 heavy (non-hydrogen) atoms. The van der Waals surface area contributed by atoms with Crippen LogP contribution in [0.1, 0.15) is 23.7 Å². The summed E-state index contributed by atoms with van der Waals surface area (Å²) >= 11 is 3.26. The van der Waals surface area contributed by atoms with Gasteiger partial charge in [0.15, 0.2) is 6.61 Å². The van der Waals surface area contributed by atoms with Gasteiger partial charge in [0.05, 0.1) is 5.56 Å². The second-order valence-electron chi connectivity index (χ2n) is 3.44.